The number of aryl methyl sites for hydroxylation is 2. The smallest absolute Gasteiger partial charge is 0.107 e. The number of benzene rings is 1. The highest BCUT2D eigenvalue weighted by Gasteiger charge is 2.22. The topological polar surface area (TPSA) is 24.9 Å². The molecule has 1 aromatic heterocycles. The third-order valence-electron chi connectivity index (χ3n) is 3.35. The summed E-state index contributed by atoms with van der Waals surface area (Å²) < 4.78 is 0. The van der Waals surface area contributed by atoms with Crippen molar-refractivity contribution < 1.29 is 0 Å². The van der Waals surface area contributed by atoms with Crippen molar-refractivity contribution in [3.63, 3.8) is 0 Å². The third kappa shape index (κ3) is 2.44. The molecule has 0 saturated heterocycles. The molecule has 1 aromatic carbocycles. The molecule has 1 heterocycles. The molecule has 0 bridgehead atoms. The van der Waals surface area contributed by atoms with Crippen LogP contribution in [0.25, 0.3) is 0 Å². The van der Waals surface area contributed by atoms with Crippen LogP contribution in [-0.2, 0) is 13.0 Å². The third-order valence-corrected chi connectivity index (χ3v) is 4.50. The second-order valence-corrected chi connectivity index (χ2v) is 6.44. The van der Waals surface area contributed by atoms with Crippen molar-refractivity contribution >= 4 is 22.9 Å². The van der Waals surface area contributed by atoms with Crippen molar-refractivity contribution in [1.82, 2.24) is 10.3 Å². The van der Waals surface area contributed by atoms with Gasteiger partial charge in [-0.1, -0.05) is 17.7 Å². The quantitative estimate of drug-likeness (QED) is 0.922. The van der Waals surface area contributed by atoms with E-state index < -0.39 is 0 Å². The van der Waals surface area contributed by atoms with Crippen LogP contribution in [0.2, 0.25) is 5.02 Å². The van der Waals surface area contributed by atoms with Gasteiger partial charge in [-0.15, -0.1) is 11.3 Å². The molecule has 2 aromatic rings. The lowest BCUT2D eigenvalue weighted by molar-refractivity contribution is 0.529. The fraction of sp³-hybridized carbons (Fsp3) is 0.357. The molecule has 1 atom stereocenters. The molecule has 2 nitrogen and oxygen atoms in total. The Kier molecular flexibility index (Phi) is 3.37. The number of fused-ring (bicyclic) bond motifs is 1. The Morgan fingerprint density at radius 2 is 2.39 bits per heavy atom. The number of aromatic nitrogens is 1. The minimum Gasteiger partial charge on any atom is -0.304 e. The molecule has 0 aliphatic heterocycles. The van der Waals surface area contributed by atoms with Gasteiger partial charge in [0.05, 0.1) is 0 Å². The summed E-state index contributed by atoms with van der Waals surface area (Å²) in [7, 11) is 0. The normalized spacial score (nSPS) is 18.0. The van der Waals surface area contributed by atoms with Crippen molar-refractivity contribution in [1.29, 1.82) is 0 Å². The SMILES string of the molecule is Cc1cnc(CNC2CCc3cc(Cl)ccc32)s1. The molecule has 1 aliphatic carbocycles. The van der Waals surface area contributed by atoms with Gasteiger partial charge >= 0.3 is 0 Å². The first-order valence-electron chi connectivity index (χ1n) is 6.15. The summed E-state index contributed by atoms with van der Waals surface area (Å²) in [5.74, 6) is 0. The van der Waals surface area contributed by atoms with Crippen LogP contribution in [0.15, 0.2) is 24.4 Å². The lowest BCUT2D eigenvalue weighted by atomic mass is 10.1. The Morgan fingerprint density at radius 3 is 3.17 bits per heavy atom. The van der Waals surface area contributed by atoms with E-state index in [-0.39, 0.29) is 0 Å². The van der Waals surface area contributed by atoms with E-state index in [4.69, 9.17) is 11.6 Å². The molecule has 0 spiro atoms. The zero-order valence-electron chi connectivity index (χ0n) is 10.2. The van der Waals surface area contributed by atoms with Crippen LogP contribution in [0, 0.1) is 6.92 Å². The maximum atomic E-state index is 6.02. The molecule has 1 N–H and O–H groups in total. The number of halogens is 1. The van der Waals surface area contributed by atoms with Gasteiger partial charge in [-0.2, -0.15) is 0 Å². The monoisotopic (exact) mass is 278 g/mol. The Hall–Kier alpha value is -0.900. The first-order valence-corrected chi connectivity index (χ1v) is 7.35. The fourth-order valence-corrected chi connectivity index (χ4v) is 3.42. The number of hydrogen-bond donors (Lipinski definition) is 1. The van der Waals surface area contributed by atoms with E-state index in [2.05, 4.69) is 29.4 Å². The van der Waals surface area contributed by atoms with Gasteiger partial charge in [0.2, 0.25) is 0 Å². The van der Waals surface area contributed by atoms with Crippen molar-refractivity contribution in [2.24, 2.45) is 0 Å². The summed E-state index contributed by atoms with van der Waals surface area (Å²) in [4.78, 5) is 5.65. The van der Waals surface area contributed by atoms with E-state index in [1.807, 2.05) is 12.3 Å². The van der Waals surface area contributed by atoms with Crippen LogP contribution in [0.4, 0.5) is 0 Å². The Balaban J connectivity index is 1.69. The molecule has 4 heteroatoms. The molecule has 1 unspecified atom stereocenters. The molecular weight excluding hydrogens is 264 g/mol. The lowest BCUT2D eigenvalue weighted by Crippen LogP contribution is -2.18. The summed E-state index contributed by atoms with van der Waals surface area (Å²) in [6.07, 6.45) is 4.20. The molecule has 0 amide bonds. The van der Waals surface area contributed by atoms with Crippen molar-refractivity contribution in [2.45, 2.75) is 32.4 Å². The molecule has 94 valence electrons. The van der Waals surface area contributed by atoms with Crippen LogP contribution in [0.1, 0.15) is 33.5 Å². The second-order valence-electron chi connectivity index (χ2n) is 4.68. The van der Waals surface area contributed by atoms with Gasteiger partial charge in [0, 0.05) is 28.7 Å². The van der Waals surface area contributed by atoms with E-state index >= 15 is 0 Å². The average Bonchev–Trinajstić information content (AvgIpc) is 2.92. The number of nitrogens with zero attached hydrogens (tertiary/aromatic N) is 1. The first-order chi connectivity index (χ1) is 8.72. The highest BCUT2D eigenvalue weighted by Crippen LogP contribution is 2.33. The van der Waals surface area contributed by atoms with Gasteiger partial charge in [0.1, 0.15) is 5.01 Å². The minimum atomic E-state index is 0.446. The summed E-state index contributed by atoms with van der Waals surface area (Å²) in [5.41, 5.74) is 2.78. The van der Waals surface area contributed by atoms with Crippen molar-refractivity contribution in [3.8, 4) is 0 Å². The van der Waals surface area contributed by atoms with Gasteiger partial charge in [-0.25, -0.2) is 4.98 Å². The number of rotatable bonds is 3. The van der Waals surface area contributed by atoms with E-state index in [1.165, 1.54) is 16.0 Å². The molecule has 3 rings (SSSR count). The van der Waals surface area contributed by atoms with Gasteiger partial charge < -0.3 is 5.32 Å². The van der Waals surface area contributed by atoms with E-state index in [9.17, 15) is 0 Å². The zero-order chi connectivity index (χ0) is 12.5. The van der Waals surface area contributed by atoms with Gasteiger partial charge in [-0.05, 0) is 43.0 Å². The zero-order valence-corrected chi connectivity index (χ0v) is 11.8. The number of thiazole rings is 1. The molecule has 0 fully saturated rings. The summed E-state index contributed by atoms with van der Waals surface area (Å²) in [6.45, 7) is 2.94. The minimum absolute atomic E-state index is 0.446. The standard InChI is InChI=1S/C14H15ClN2S/c1-9-7-17-14(18-9)8-16-13-5-2-10-6-11(15)3-4-12(10)13/h3-4,6-7,13,16H,2,5,8H2,1H3. The van der Waals surface area contributed by atoms with Crippen LogP contribution in [-0.4, -0.2) is 4.98 Å². The van der Waals surface area contributed by atoms with Crippen LogP contribution < -0.4 is 5.32 Å². The highest BCUT2D eigenvalue weighted by molar-refractivity contribution is 7.11. The molecule has 0 saturated carbocycles. The molecular formula is C14H15ClN2S. The highest BCUT2D eigenvalue weighted by atomic mass is 35.5. The van der Waals surface area contributed by atoms with Crippen LogP contribution in [0.5, 0.6) is 0 Å². The van der Waals surface area contributed by atoms with E-state index in [1.54, 1.807) is 11.3 Å². The lowest BCUT2D eigenvalue weighted by Gasteiger charge is -2.12. The largest absolute Gasteiger partial charge is 0.304 e. The average molecular weight is 279 g/mol. The van der Waals surface area contributed by atoms with E-state index in [0.717, 1.165) is 29.4 Å². The van der Waals surface area contributed by atoms with Gasteiger partial charge in [0.15, 0.2) is 0 Å². The Morgan fingerprint density at radius 1 is 1.50 bits per heavy atom. The Bertz CT molecular complexity index is 565. The predicted octanol–water partition coefficient (Wildman–Crippen LogP) is 3.88. The maximum Gasteiger partial charge on any atom is 0.107 e. The molecule has 1 aliphatic rings. The van der Waals surface area contributed by atoms with E-state index in [0.29, 0.717) is 6.04 Å². The maximum absolute atomic E-state index is 6.02. The van der Waals surface area contributed by atoms with Crippen LogP contribution in [0.3, 0.4) is 0 Å². The van der Waals surface area contributed by atoms with Crippen LogP contribution >= 0.6 is 22.9 Å². The predicted molar refractivity (Wildman–Crippen MR) is 76.2 cm³/mol. The molecule has 18 heavy (non-hydrogen) atoms. The van der Waals surface area contributed by atoms with Crippen molar-refractivity contribution in [2.75, 3.05) is 0 Å². The number of hydrogen-bond acceptors (Lipinski definition) is 3. The summed E-state index contributed by atoms with van der Waals surface area (Å²) in [6, 6.07) is 6.66. The summed E-state index contributed by atoms with van der Waals surface area (Å²) in [5, 5.41) is 5.59. The van der Waals surface area contributed by atoms with Gasteiger partial charge in [0.25, 0.3) is 0 Å². The fourth-order valence-electron chi connectivity index (χ4n) is 2.49. The van der Waals surface area contributed by atoms with Gasteiger partial charge in [-0.3, -0.25) is 0 Å². The second kappa shape index (κ2) is 5.00. The number of nitrogens with one attached hydrogen (secondary N) is 1. The first kappa shape index (κ1) is 12.2. The summed E-state index contributed by atoms with van der Waals surface area (Å²) >= 11 is 7.78. The van der Waals surface area contributed by atoms with Crippen molar-refractivity contribution in [3.05, 3.63) is 50.4 Å². The molecule has 0 radical (unpaired) electrons. The Labute approximate surface area is 116 Å².